The molecule has 9 heteroatoms. The molecule has 3 aromatic heterocycles. The average Bonchev–Trinajstić information content (AvgIpc) is 3.22. The molecule has 8 nitrogen and oxygen atoms in total. The first-order valence-corrected chi connectivity index (χ1v) is 11.7. The number of carbonyl (C=O) groups is 1. The summed E-state index contributed by atoms with van der Waals surface area (Å²) in [5.74, 6) is 1.22. The molecule has 0 saturated carbocycles. The topological polar surface area (TPSA) is 103 Å². The van der Waals surface area contributed by atoms with Crippen LogP contribution in [0.4, 0.5) is 5.82 Å². The molecule has 33 heavy (non-hydrogen) atoms. The van der Waals surface area contributed by atoms with Crippen LogP contribution < -0.4 is 10.9 Å². The van der Waals surface area contributed by atoms with Gasteiger partial charge in [-0.2, -0.15) is 0 Å². The van der Waals surface area contributed by atoms with E-state index < -0.39 is 5.25 Å². The van der Waals surface area contributed by atoms with Gasteiger partial charge in [-0.15, -0.1) is 0 Å². The first-order valence-electron chi connectivity index (χ1n) is 10.8. The lowest BCUT2D eigenvalue weighted by molar-refractivity contribution is -0.115. The second-order valence-corrected chi connectivity index (χ2v) is 8.98. The van der Waals surface area contributed by atoms with Gasteiger partial charge in [-0.25, -0.2) is 14.5 Å². The van der Waals surface area contributed by atoms with Gasteiger partial charge in [0.2, 0.25) is 5.91 Å². The van der Waals surface area contributed by atoms with Crippen molar-refractivity contribution in [3.8, 4) is 5.82 Å². The van der Waals surface area contributed by atoms with E-state index in [0.717, 1.165) is 18.4 Å². The summed E-state index contributed by atoms with van der Waals surface area (Å²) in [5, 5.41) is 7.11. The average molecular weight is 464 g/mol. The molecule has 0 radical (unpaired) electrons. The zero-order valence-corrected chi connectivity index (χ0v) is 19.6. The highest BCUT2D eigenvalue weighted by atomic mass is 32.2. The predicted molar refractivity (Wildman–Crippen MR) is 129 cm³/mol. The van der Waals surface area contributed by atoms with Gasteiger partial charge in [0, 0.05) is 12.3 Å². The molecule has 0 aliphatic carbocycles. The summed E-state index contributed by atoms with van der Waals surface area (Å²) in [5.41, 5.74) is 1.34. The Labute approximate surface area is 195 Å². The van der Waals surface area contributed by atoms with Crippen molar-refractivity contribution in [3.05, 3.63) is 70.3 Å². The number of carbonyl (C=O) groups excluding carboxylic acids is 1. The fraction of sp³-hybridized carbons (Fsp3) is 0.292. The van der Waals surface area contributed by atoms with E-state index in [-0.39, 0.29) is 11.5 Å². The van der Waals surface area contributed by atoms with Gasteiger partial charge >= 0.3 is 0 Å². The maximum atomic E-state index is 13.4. The summed E-state index contributed by atoms with van der Waals surface area (Å²) in [6.45, 7) is 5.77. The van der Waals surface area contributed by atoms with Crippen LogP contribution in [0.25, 0.3) is 16.7 Å². The highest BCUT2D eigenvalue weighted by Gasteiger charge is 2.25. The van der Waals surface area contributed by atoms with E-state index in [9.17, 15) is 9.59 Å². The third-order valence-corrected chi connectivity index (χ3v) is 6.33. The third kappa shape index (κ3) is 5.14. The molecular formula is C24H25N5O3S. The van der Waals surface area contributed by atoms with Crippen molar-refractivity contribution in [3.63, 3.8) is 0 Å². The van der Waals surface area contributed by atoms with Crippen LogP contribution in [0.5, 0.6) is 0 Å². The van der Waals surface area contributed by atoms with Gasteiger partial charge < -0.3 is 9.84 Å². The number of pyridine rings is 1. The summed E-state index contributed by atoms with van der Waals surface area (Å²) in [4.78, 5) is 35.8. The molecule has 1 amide bonds. The Morgan fingerprint density at radius 2 is 2.03 bits per heavy atom. The Morgan fingerprint density at radius 1 is 1.21 bits per heavy atom. The highest BCUT2D eigenvalue weighted by molar-refractivity contribution is 8.00. The fourth-order valence-corrected chi connectivity index (χ4v) is 4.52. The van der Waals surface area contributed by atoms with Crippen LogP contribution in [0.3, 0.4) is 0 Å². The van der Waals surface area contributed by atoms with Gasteiger partial charge in [0.25, 0.3) is 5.56 Å². The number of aryl methyl sites for hydroxylation is 2. The number of fused-ring (bicyclic) bond motifs is 1. The second kappa shape index (κ2) is 9.99. The monoisotopic (exact) mass is 463 g/mol. The largest absolute Gasteiger partial charge is 0.360 e. The van der Waals surface area contributed by atoms with Crippen molar-refractivity contribution in [1.29, 1.82) is 0 Å². The standard InChI is InChI=1S/C24H25N5O3S/c1-4-5-10-19(22(30)27-20-13-16(3)32-28-20)33-24-26-18-9-7-6-8-17(18)23(31)29(24)21-12-11-15(2)14-25-21/h6-9,11-14,19H,4-5,10H2,1-3H3,(H,27,28,30)/t19-/m0/s1. The van der Waals surface area contributed by atoms with Gasteiger partial charge in [-0.3, -0.25) is 9.59 Å². The van der Waals surface area contributed by atoms with Gasteiger partial charge in [0.1, 0.15) is 11.6 Å². The number of aromatic nitrogens is 4. The first kappa shape index (κ1) is 22.7. The molecule has 0 saturated heterocycles. The quantitative estimate of drug-likeness (QED) is 0.299. The van der Waals surface area contributed by atoms with Crippen molar-refractivity contribution in [2.75, 3.05) is 5.32 Å². The van der Waals surface area contributed by atoms with Crippen molar-refractivity contribution < 1.29 is 9.32 Å². The smallest absolute Gasteiger partial charge is 0.267 e. The summed E-state index contributed by atoms with van der Waals surface area (Å²) in [6, 6.07) is 12.5. The minimum absolute atomic E-state index is 0.215. The molecule has 1 N–H and O–H groups in total. The highest BCUT2D eigenvalue weighted by Crippen LogP contribution is 2.28. The Balaban J connectivity index is 1.76. The van der Waals surface area contributed by atoms with Crippen LogP contribution in [-0.4, -0.2) is 30.8 Å². The van der Waals surface area contributed by atoms with Crippen molar-refractivity contribution in [2.45, 2.75) is 50.4 Å². The number of nitrogens with one attached hydrogen (secondary N) is 1. The first-order chi connectivity index (χ1) is 16.0. The number of amides is 1. The molecule has 1 aromatic carbocycles. The summed E-state index contributed by atoms with van der Waals surface area (Å²) < 4.78 is 6.54. The Hall–Kier alpha value is -3.46. The molecule has 0 bridgehead atoms. The number of benzene rings is 1. The van der Waals surface area contributed by atoms with Crippen molar-refractivity contribution in [1.82, 2.24) is 19.7 Å². The molecule has 4 aromatic rings. The van der Waals surface area contributed by atoms with Crippen molar-refractivity contribution >= 4 is 34.4 Å². The van der Waals surface area contributed by atoms with Crippen LogP contribution in [0.15, 0.2) is 63.1 Å². The van der Waals surface area contributed by atoms with Crippen LogP contribution in [-0.2, 0) is 4.79 Å². The number of anilines is 1. The van der Waals surface area contributed by atoms with E-state index in [1.54, 1.807) is 37.4 Å². The third-order valence-electron chi connectivity index (χ3n) is 5.11. The number of rotatable bonds is 8. The number of thioether (sulfide) groups is 1. The SMILES string of the molecule is CCCC[C@H](Sc1nc2ccccc2c(=O)n1-c1ccc(C)cn1)C(=O)Nc1cc(C)on1. The maximum absolute atomic E-state index is 13.4. The molecule has 0 aliphatic rings. The van der Waals surface area contributed by atoms with Gasteiger partial charge in [0.05, 0.1) is 16.2 Å². The molecule has 3 heterocycles. The van der Waals surface area contributed by atoms with Crippen molar-refractivity contribution in [2.24, 2.45) is 0 Å². The molecule has 0 unspecified atom stereocenters. The second-order valence-electron chi connectivity index (χ2n) is 7.81. The zero-order valence-electron chi connectivity index (χ0n) is 18.7. The van der Waals surface area contributed by atoms with Crippen LogP contribution in [0.1, 0.15) is 37.5 Å². The van der Waals surface area contributed by atoms with Crippen LogP contribution in [0, 0.1) is 13.8 Å². The van der Waals surface area contributed by atoms with E-state index in [0.29, 0.717) is 39.9 Å². The number of hydrogen-bond acceptors (Lipinski definition) is 7. The molecule has 0 aliphatic heterocycles. The molecular weight excluding hydrogens is 438 g/mol. The fourth-order valence-electron chi connectivity index (χ4n) is 3.38. The van der Waals surface area contributed by atoms with E-state index >= 15 is 0 Å². The summed E-state index contributed by atoms with van der Waals surface area (Å²) in [6.07, 6.45) is 4.11. The number of nitrogens with zero attached hydrogens (tertiary/aromatic N) is 4. The molecule has 0 spiro atoms. The minimum Gasteiger partial charge on any atom is -0.360 e. The van der Waals surface area contributed by atoms with Crippen LogP contribution >= 0.6 is 11.8 Å². The summed E-state index contributed by atoms with van der Waals surface area (Å²) in [7, 11) is 0. The van der Waals surface area contributed by atoms with E-state index in [2.05, 4.69) is 22.4 Å². The number of hydrogen-bond donors (Lipinski definition) is 1. The molecule has 1 atom stereocenters. The lowest BCUT2D eigenvalue weighted by atomic mass is 10.2. The lowest BCUT2D eigenvalue weighted by Gasteiger charge is -2.18. The Bertz CT molecular complexity index is 1330. The molecule has 0 fully saturated rings. The van der Waals surface area contributed by atoms with Gasteiger partial charge in [-0.1, -0.05) is 54.9 Å². The molecule has 4 rings (SSSR count). The molecule has 170 valence electrons. The minimum atomic E-state index is -0.480. The van der Waals surface area contributed by atoms with Gasteiger partial charge in [-0.05, 0) is 44.0 Å². The van der Waals surface area contributed by atoms with Crippen LogP contribution in [0.2, 0.25) is 0 Å². The maximum Gasteiger partial charge on any atom is 0.267 e. The van der Waals surface area contributed by atoms with Gasteiger partial charge in [0.15, 0.2) is 11.0 Å². The van der Waals surface area contributed by atoms with E-state index in [1.807, 2.05) is 25.1 Å². The summed E-state index contributed by atoms with van der Waals surface area (Å²) >= 11 is 1.26. The van der Waals surface area contributed by atoms with E-state index in [4.69, 9.17) is 9.51 Å². The zero-order chi connectivity index (χ0) is 23.4. The predicted octanol–water partition coefficient (Wildman–Crippen LogP) is 4.68. The number of unbranched alkanes of at least 4 members (excludes halogenated alkanes) is 1. The number of para-hydroxylation sites is 1. The normalized spacial score (nSPS) is 12.1. The Kier molecular flexibility index (Phi) is 6.88. The van der Waals surface area contributed by atoms with E-state index in [1.165, 1.54) is 16.3 Å². The Morgan fingerprint density at radius 3 is 2.73 bits per heavy atom. The lowest BCUT2D eigenvalue weighted by Crippen LogP contribution is -2.28.